The molecule has 0 saturated heterocycles. The Bertz CT molecular complexity index is 707. The summed E-state index contributed by atoms with van der Waals surface area (Å²) >= 11 is 11.8. The maximum atomic E-state index is 12.2. The molecule has 1 atom stereocenters. The van der Waals surface area contributed by atoms with E-state index in [1.807, 2.05) is 26.0 Å². The third-order valence-electron chi connectivity index (χ3n) is 3.57. The lowest BCUT2D eigenvalue weighted by molar-refractivity contribution is -0.119. The van der Waals surface area contributed by atoms with Crippen LogP contribution >= 0.6 is 23.2 Å². The molecule has 23 heavy (non-hydrogen) atoms. The van der Waals surface area contributed by atoms with E-state index in [-0.39, 0.29) is 5.78 Å². The number of azo groups is 1. The van der Waals surface area contributed by atoms with Gasteiger partial charge in [0.05, 0.1) is 5.92 Å². The van der Waals surface area contributed by atoms with E-state index in [0.29, 0.717) is 15.7 Å². The first-order valence-electron chi connectivity index (χ1n) is 7.24. The van der Waals surface area contributed by atoms with Gasteiger partial charge in [-0.2, -0.15) is 0 Å². The molecule has 0 saturated carbocycles. The average Bonchev–Trinajstić information content (AvgIpc) is 2.48. The Balaban J connectivity index is 2.31. The smallest absolute Gasteiger partial charge is 0.299 e. The van der Waals surface area contributed by atoms with Crippen molar-refractivity contribution in [1.29, 1.82) is 0 Å². The molecule has 2 aromatic carbocycles. The number of halogens is 2. The molecular weight excluding hydrogens is 331 g/mol. The predicted molar refractivity (Wildman–Crippen MR) is 94.6 cm³/mol. The van der Waals surface area contributed by atoms with Crippen molar-refractivity contribution in [2.75, 3.05) is 0 Å². The Kier molecular flexibility index (Phi) is 5.55. The Labute approximate surface area is 146 Å². The van der Waals surface area contributed by atoms with Crippen LogP contribution in [0.5, 0.6) is 0 Å². The van der Waals surface area contributed by atoms with Crippen molar-refractivity contribution in [3.05, 3.63) is 64.1 Å². The summed E-state index contributed by atoms with van der Waals surface area (Å²) < 4.78 is 0. The second kappa shape index (κ2) is 7.24. The van der Waals surface area contributed by atoms with Crippen LogP contribution < -0.4 is 5.11 Å². The monoisotopic (exact) mass is 348 g/mol. The Morgan fingerprint density at radius 2 is 1.48 bits per heavy atom. The van der Waals surface area contributed by atoms with Crippen LogP contribution in [-0.4, -0.2) is 11.3 Å². The molecule has 1 radical (unpaired) electrons. The molecule has 0 aromatic heterocycles. The minimum Gasteiger partial charge on any atom is -0.299 e. The lowest BCUT2D eigenvalue weighted by Crippen LogP contribution is -2.32. The van der Waals surface area contributed by atoms with Crippen molar-refractivity contribution < 1.29 is 4.79 Å². The van der Waals surface area contributed by atoms with Gasteiger partial charge in [-0.1, -0.05) is 35.3 Å². The SMILES string of the molecule is CC(=O)C(c1ccc(Cl)cc1)C(C)(C)N=[N+]c1ccc(Cl)cc1. The zero-order valence-electron chi connectivity index (χ0n) is 13.3. The molecule has 0 aliphatic heterocycles. The number of benzene rings is 2. The van der Waals surface area contributed by atoms with Crippen LogP contribution in [0.1, 0.15) is 32.3 Å². The van der Waals surface area contributed by atoms with Gasteiger partial charge in [0.25, 0.3) is 0 Å². The van der Waals surface area contributed by atoms with E-state index in [1.165, 1.54) is 0 Å². The van der Waals surface area contributed by atoms with Gasteiger partial charge in [0, 0.05) is 27.3 Å². The van der Waals surface area contributed by atoms with Gasteiger partial charge in [0.2, 0.25) is 5.11 Å². The molecule has 0 spiro atoms. The van der Waals surface area contributed by atoms with Crippen molar-refractivity contribution in [3.63, 3.8) is 0 Å². The first-order valence-corrected chi connectivity index (χ1v) is 7.99. The molecule has 0 bridgehead atoms. The Morgan fingerprint density at radius 3 is 1.96 bits per heavy atom. The highest BCUT2D eigenvalue weighted by atomic mass is 35.5. The van der Waals surface area contributed by atoms with Gasteiger partial charge < -0.3 is 0 Å². The lowest BCUT2D eigenvalue weighted by Gasteiger charge is -2.24. The van der Waals surface area contributed by atoms with E-state index >= 15 is 0 Å². The molecule has 2 aromatic rings. The fraction of sp³-hybridized carbons (Fsp3) is 0.278. The molecular formula is C18H18Cl2N2O+. The summed E-state index contributed by atoms with van der Waals surface area (Å²) in [5, 5.41) is 9.94. The van der Waals surface area contributed by atoms with Crippen LogP contribution in [0, 0.1) is 0 Å². The minimum atomic E-state index is -0.681. The normalized spacial score (nSPS) is 13.3. The first-order chi connectivity index (χ1) is 10.8. The number of ketones is 1. The van der Waals surface area contributed by atoms with Gasteiger partial charge in [0.1, 0.15) is 11.3 Å². The van der Waals surface area contributed by atoms with Crippen molar-refractivity contribution >= 4 is 34.7 Å². The number of nitrogens with zero attached hydrogens (tertiary/aromatic N) is 2. The van der Waals surface area contributed by atoms with Crippen LogP contribution in [0.25, 0.3) is 0 Å². The van der Waals surface area contributed by atoms with Crippen LogP contribution in [0.15, 0.2) is 53.6 Å². The van der Waals surface area contributed by atoms with Gasteiger partial charge in [-0.3, -0.25) is 4.79 Å². The third kappa shape index (κ3) is 4.63. The van der Waals surface area contributed by atoms with E-state index in [1.54, 1.807) is 43.3 Å². The highest BCUT2D eigenvalue weighted by molar-refractivity contribution is 6.30. The Morgan fingerprint density at radius 1 is 1.00 bits per heavy atom. The number of hydrogen-bond acceptors (Lipinski definition) is 3. The highest BCUT2D eigenvalue weighted by Crippen LogP contribution is 2.33. The lowest BCUT2D eigenvalue weighted by atomic mass is 9.80. The van der Waals surface area contributed by atoms with Gasteiger partial charge >= 0.3 is 5.69 Å². The second-order valence-electron chi connectivity index (χ2n) is 5.93. The molecule has 5 heteroatoms. The molecule has 0 aliphatic carbocycles. The zero-order chi connectivity index (χ0) is 17.0. The van der Waals surface area contributed by atoms with E-state index in [2.05, 4.69) is 10.2 Å². The summed E-state index contributed by atoms with van der Waals surface area (Å²) in [6.07, 6.45) is 0. The third-order valence-corrected chi connectivity index (χ3v) is 4.07. The number of rotatable bonds is 5. The van der Waals surface area contributed by atoms with Crippen LogP contribution in [0.4, 0.5) is 5.69 Å². The number of hydrogen-bond donors (Lipinski definition) is 0. The summed E-state index contributed by atoms with van der Waals surface area (Å²) in [4.78, 5) is 12.2. The minimum absolute atomic E-state index is 0.0346. The quantitative estimate of drug-likeness (QED) is 0.651. The molecule has 2 rings (SSSR count). The van der Waals surface area contributed by atoms with E-state index in [0.717, 1.165) is 5.56 Å². The largest absolute Gasteiger partial charge is 0.312 e. The highest BCUT2D eigenvalue weighted by Gasteiger charge is 2.38. The standard InChI is InChI=1S/C18H18Cl2N2O/c1-12(23)17(13-4-6-14(19)7-5-13)18(2,3)22-21-16-10-8-15(20)9-11-16/h4-11,17H,1-3H3/q+1. The molecule has 1 unspecified atom stereocenters. The van der Waals surface area contributed by atoms with E-state index in [9.17, 15) is 4.79 Å². The van der Waals surface area contributed by atoms with Crippen LogP contribution in [0.3, 0.4) is 0 Å². The fourth-order valence-electron chi connectivity index (χ4n) is 2.55. The molecule has 0 N–H and O–H groups in total. The number of carbonyl (C=O) groups is 1. The topological polar surface area (TPSA) is 43.5 Å². The summed E-state index contributed by atoms with van der Waals surface area (Å²) in [6, 6.07) is 14.3. The summed E-state index contributed by atoms with van der Waals surface area (Å²) in [5.41, 5.74) is 0.891. The first kappa shape index (κ1) is 17.6. The molecule has 0 heterocycles. The summed E-state index contributed by atoms with van der Waals surface area (Å²) in [5.74, 6) is -0.358. The molecule has 0 amide bonds. The van der Waals surface area contributed by atoms with Crippen molar-refractivity contribution in [2.24, 2.45) is 5.11 Å². The maximum Gasteiger partial charge on any atom is 0.312 e. The summed E-state index contributed by atoms with van der Waals surface area (Å²) in [7, 11) is 0. The number of Topliss-reactive ketones (excluding diaryl/α,β-unsaturated/α-hetero) is 1. The molecule has 0 aliphatic rings. The van der Waals surface area contributed by atoms with E-state index in [4.69, 9.17) is 23.2 Å². The predicted octanol–water partition coefficient (Wildman–Crippen LogP) is 5.56. The average molecular weight is 349 g/mol. The van der Waals surface area contributed by atoms with Gasteiger partial charge in [-0.25, -0.2) is 0 Å². The summed E-state index contributed by atoms with van der Waals surface area (Å²) in [6.45, 7) is 5.36. The van der Waals surface area contributed by atoms with Crippen molar-refractivity contribution in [1.82, 2.24) is 5.11 Å². The molecule has 3 nitrogen and oxygen atoms in total. The van der Waals surface area contributed by atoms with Crippen molar-refractivity contribution in [3.8, 4) is 0 Å². The van der Waals surface area contributed by atoms with E-state index < -0.39 is 11.5 Å². The Hall–Kier alpha value is -1.71. The maximum absolute atomic E-state index is 12.2. The fourth-order valence-corrected chi connectivity index (χ4v) is 2.80. The van der Waals surface area contributed by atoms with Gasteiger partial charge in [-0.05, 0) is 50.6 Å². The van der Waals surface area contributed by atoms with Gasteiger partial charge in [-0.15, -0.1) is 0 Å². The van der Waals surface area contributed by atoms with Crippen molar-refractivity contribution in [2.45, 2.75) is 32.2 Å². The van der Waals surface area contributed by atoms with Crippen LogP contribution in [-0.2, 0) is 4.79 Å². The molecule has 0 fully saturated rings. The molecule has 119 valence electrons. The zero-order valence-corrected chi connectivity index (χ0v) is 14.8. The van der Waals surface area contributed by atoms with Gasteiger partial charge in [0.15, 0.2) is 0 Å². The number of carbonyl (C=O) groups excluding carboxylic acids is 1. The second-order valence-corrected chi connectivity index (χ2v) is 6.80. The van der Waals surface area contributed by atoms with Crippen LogP contribution in [0.2, 0.25) is 10.0 Å².